The molecule has 1 aromatic rings. The molecule has 2 rings (SSSR count). The van der Waals surface area contributed by atoms with Crippen LogP contribution in [0, 0.1) is 0 Å². The number of piperazine rings is 1. The van der Waals surface area contributed by atoms with Gasteiger partial charge in [-0.15, -0.1) is 0 Å². The molecule has 1 fully saturated rings. The highest BCUT2D eigenvalue weighted by Gasteiger charge is 2.32. The number of carbonyl (C=O) groups is 2. The molecule has 4 heteroatoms. The monoisotopic (exact) mass is 232 g/mol. The Hall–Kier alpha value is -1.84. The van der Waals surface area contributed by atoms with E-state index < -0.39 is 0 Å². The number of hydrogen-bond acceptors (Lipinski definition) is 2. The van der Waals surface area contributed by atoms with Crippen molar-refractivity contribution in [2.45, 2.75) is 25.8 Å². The van der Waals surface area contributed by atoms with Gasteiger partial charge in [-0.05, 0) is 18.6 Å². The van der Waals surface area contributed by atoms with Crippen LogP contribution in [0.1, 0.15) is 19.8 Å². The highest BCUT2D eigenvalue weighted by Crippen LogP contribution is 2.18. The summed E-state index contributed by atoms with van der Waals surface area (Å²) in [5.74, 6) is -0.107. The Morgan fingerprint density at radius 2 is 2.00 bits per heavy atom. The molecular weight excluding hydrogens is 216 g/mol. The number of anilines is 1. The van der Waals surface area contributed by atoms with E-state index in [1.165, 1.54) is 0 Å². The zero-order valence-corrected chi connectivity index (χ0v) is 9.85. The summed E-state index contributed by atoms with van der Waals surface area (Å²) in [7, 11) is 0. The van der Waals surface area contributed by atoms with E-state index in [1.54, 1.807) is 4.90 Å². The molecule has 90 valence electrons. The molecule has 1 heterocycles. The first-order valence-corrected chi connectivity index (χ1v) is 5.88. The van der Waals surface area contributed by atoms with Crippen LogP contribution in [0.2, 0.25) is 0 Å². The SMILES string of the molecule is CCCC1NC(=O)CN(c2ccccc2)C1=O. The predicted molar refractivity (Wildman–Crippen MR) is 65.6 cm³/mol. The number of carbonyl (C=O) groups excluding carboxylic acids is 2. The van der Waals surface area contributed by atoms with Crippen molar-refractivity contribution in [3.63, 3.8) is 0 Å². The minimum absolute atomic E-state index is 0.0161. The lowest BCUT2D eigenvalue weighted by atomic mass is 10.1. The third-order valence-electron chi connectivity index (χ3n) is 2.85. The Bertz CT molecular complexity index is 417. The molecule has 1 N–H and O–H groups in total. The molecule has 0 saturated carbocycles. The highest BCUT2D eigenvalue weighted by atomic mass is 16.2. The zero-order valence-electron chi connectivity index (χ0n) is 9.85. The standard InChI is InChI=1S/C13H16N2O2/c1-2-6-11-13(17)15(9-12(16)14-11)10-7-4-3-5-8-10/h3-5,7-8,11H,2,6,9H2,1H3,(H,14,16). The van der Waals surface area contributed by atoms with Crippen molar-refractivity contribution < 1.29 is 9.59 Å². The number of amides is 2. The lowest BCUT2D eigenvalue weighted by Crippen LogP contribution is -2.58. The van der Waals surface area contributed by atoms with Crippen molar-refractivity contribution in [3.8, 4) is 0 Å². The highest BCUT2D eigenvalue weighted by molar-refractivity contribution is 6.06. The second kappa shape index (κ2) is 4.99. The lowest BCUT2D eigenvalue weighted by molar-refractivity contribution is -0.131. The number of nitrogens with one attached hydrogen (secondary N) is 1. The molecule has 1 aliphatic heterocycles. The third kappa shape index (κ3) is 2.46. The van der Waals surface area contributed by atoms with E-state index in [0.29, 0.717) is 6.42 Å². The normalized spacial score (nSPS) is 20.3. The summed E-state index contributed by atoms with van der Waals surface area (Å²) in [5, 5.41) is 2.74. The van der Waals surface area contributed by atoms with Gasteiger partial charge >= 0.3 is 0 Å². The summed E-state index contributed by atoms with van der Waals surface area (Å²) in [6.07, 6.45) is 1.56. The average Bonchev–Trinajstić information content (AvgIpc) is 2.35. The number of rotatable bonds is 3. The van der Waals surface area contributed by atoms with Gasteiger partial charge in [-0.2, -0.15) is 0 Å². The quantitative estimate of drug-likeness (QED) is 0.854. The van der Waals surface area contributed by atoms with E-state index in [-0.39, 0.29) is 24.4 Å². The fourth-order valence-electron chi connectivity index (χ4n) is 2.02. The van der Waals surface area contributed by atoms with Crippen LogP contribution in [0.4, 0.5) is 5.69 Å². The predicted octanol–water partition coefficient (Wildman–Crippen LogP) is 1.32. The molecule has 1 atom stereocenters. The molecule has 0 bridgehead atoms. The van der Waals surface area contributed by atoms with Crippen molar-refractivity contribution in [3.05, 3.63) is 30.3 Å². The first-order valence-electron chi connectivity index (χ1n) is 5.88. The van der Waals surface area contributed by atoms with Crippen molar-refractivity contribution in [1.82, 2.24) is 5.32 Å². The number of benzene rings is 1. The van der Waals surface area contributed by atoms with Gasteiger partial charge in [0.05, 0.1) is 0 Å². The molecule has 0 aliphatic carbocycles. The van der Waals surface area contributed by atoms with Gasteiger partial charge in [-0.25, -0.2) is 0 Å². The molecule has 1 aromatic carbocycles. The lowest BCUT2D eigenvalue weighted by Gasteiger charge is -2.32. The second-order valence-corrected chi connectivity index (χ2v) is 4.17. The second-order valence-electron chi connectivity index (χ2n) is 4.17. The Morgan fingerprint density at radius 3 is 2.65 bits per heavy atom. The molecule has 1 saturated heterocycles. The zero-order chi connectivity index (χ0) is 12.3. The van der Waals surface area contributed by atoms with Gasteiger partial charge in [-0.3, -0.25) is 9.59 Å². The Balaban J connectivity index is 2.22. The van der Waals surface area contributed by atoms with Gasteiger partial charge in [0.15, 0.2) is 0 Å². The summed E-state index contributed by atoms with van der Waals surface area (Å²) in [5.41, 5.74) is 0.786. The molecular formula is C13H16N2O2. The first kappa shape index (κ1) is 11.6. The molecule has 17 heavy (non-hydrogen) atoms. The fourth-order valence-corrected chi connectivity index (χ4v) is 2.02. The van der Waals surface area contributed by atoms with Gasteiger partial charge in [0.25, 0.3) is 0 Å². The van der Waals surface area contributed by atoms with Crippen molar-refractivity contribution in [2.75, 3.05) is 11.4 Å². The number of para-hydroxylation sites is 1. The van der Waals surface area contributed by atoms with Crippen LogP contribution < -0.4 is 10.2 Å². The van der Waals surface area contributed by atoms with Crippen LogP contribution in [0.15, 0.2) is 30.3 Å². The maximum atomic E-state index is 12.2. The maximum Gasteiger partial charge on any atom is 0.250 e. The van der Waals surface area contributed by atoms with E-state index in [9.17, 15) is 9.59 Å². The molecule has 0 aromatic heterocycles. The van der Waals surface area contributed by atoms with E-state index in [4.69, 9.17) is 0 Å². The van der Waals surface area contributed by atoms with Crippen LogP contribution in [0.3, 0.4) is 0 Å². The van der Waals surface area contributed by atoms with E-state index in [2.05, 4.69) is 5.32 Å². The molecule has 0 spiro atoms. The van der Waals surface area contributed by atoms with E-state index >= 15 is 0 Å². The van der Waals surface area contributed by atoms with E-state index in [1.807, 2.05) is 37.3 Å². The van der Waals surface area contributed by atoms with Gasteiger partial charge in [0, 0.05) is 5.69 Å². The molecule has 0 radical (unpaired) electrons. The Morgan fingerprint density at radius 1 is 1.29 bits per heavy atom. The topological polar surface area (TPSA) is 49.4 Å². The summed E-state index contributed by atoms with van der Waals surface area (Å²) in [4.78, 5) is 25.3. The maximum absolute atomic E-state index is 12.2. The van der Waals surface area contributed by atoms with Crippen molar-refractivity contribution in [1.29, 1.82) is 0 Å². The van der Waals surface area contributed by atoms with Crippen LogP contribution in [-0.2, 0) is 9.59 Å². The Labute approximate surface area is 101 Å². The summed E-state index contributed by atoms with van der Waals surface area (Å²) in [6.45, 7) is 2.12. The summed E-state index contributed by atoms with van der Waals surface area (Å²) >= 11 is 0. The average molecular weight is 232 g/mol. The number of hydrogen-bond donors (Lipinski definition) is 1. The molecule has 2 amide bonds. The van der Waals surface area contributed by atoms with Gasteiger partial charge in [-0.1, -0.05) is 31.5 Å². The summed E-state index contributed by atoms with van der Waals surface area (Å²) < 4.78 is 0. The van der Waals surface area contributed by atoms with Gasteiger partial charge in [0.2, 0.25) is 11.8 Å². The molecule has 1 aliphatic rings. The van der Waals surface area contributed by atoms with Crippen LogP contribution in [0.5, 0.6) is 0 Å². The first-order chi connectivity index (χ1) is 8.22. The number of nitrogens with zero attached hydrogens (tertiary/aromatic N) is 1. The van der Waals surface area contributed by atoms with Crippen molar-refractivity contribution in [2.24, 2.45) is 0 Å². The van der Waals surface area contributed by atoms with Gasteiger partial charge < -0.3 is 10.2 Å². The Kier molecular flexibility index (Phi) is 3.42. The third-order valence-corrected chi connectivity index (χ3v) is 2.85. The van der Waals surface area contributed by atoms with Gasteiger partial charge in [0.1, 0.15) is 12.6 Å². The molecule has 4 nitrogen and oxygen atoms in total. The minimum Gasteiger partial charge on any atom is -0.343 e. The minimum atomic E-state index is -0.374. The smallest absolute Gasteiger partial charge is 0.250 e. The van der Waals surface area contributed by atoms with Crippen LogP contribution in [-0.4, -0.2) is 24.4 Å². The van der Waals surface area contributed by atoms with Crippen LogP contribution >= 0.6 is 0 Å². The fraction of sp³-hybridized carbons (Fsp3) is 0.385. The summed E-state index contributed by atoms with van der Waals surface area (Å²) in [6, 6.07) is 8.94. The van der Waals surface area contributed by atoms with Crippen LogP contribution in [0.25, 0.3) is 0 Å². The molecule has 1 unspecified atom stereocenters. The van der Waals surface area contributed by atoms with Crippen molar-refractivity contribution >= 4 is 17.5 Å². The largest absolute Gasteiger partial charge is 0.343 e. The van der Waals surface area contributed by atoms with E-state index in [0.717, 1.165) is 12.1 Å².